The molecule has 0 aliphatic carbocycles. The standard InChI is InChI=1S/C10H15N5O2/c1-2-15(5-3-4-11)7-8-6-9(14-17-8)10(16)13-12/h6H,2-3,5,7,12H2,1H3,(H,13,16). The molecule has 1 heterocycles. The summed E-state index contributed by atoms with van der Waals surface area (Å²) in [5, 5.41) is 12.1. The third-order valence-electron chi connectivity index (χ3n) is 2.29. The van der Waals surface area contributed by atoms with Crippen molar-refractivity contribution >= 4 is 5.91 Å². The maximum atomic E-state index is 11.1. The van der Waals surface area contributed by atoms with Crippen molar-refractivity contribution in [2.45, 2.75) is 19.9 Å². The summed E-state index contributed by atoms with van der Waals surface area (Å²) < 4.78 is 5.01. The lowest BCUT2D eigenvalue weighted by atomic mass is 10.3. The number of nitriles is 1. The molecule has 3 N–H and O–H groups in total. The van der Waals surface area contributed by atoms with Gasteiger partial charge in [-0.25, -0.2) is 5.84 Å². The van der Waals surface area contributed by atoms with Crippen LogP contribution in [-0.4, -0.2) is 29.1 Å². The van der Waals surface area contributed by atoms with Gasteiger partial charge in [0.05, 0.1) is 12.6 Å². The first-order valence-corrected chi connectivity index (χ1v) is 5.27. The van der Waals surface area contributed by atoms with E-state index >= 15 is 0 Å². The Hall–Kier alpha value is -1.91. The van der Waals surface area contributed by atoms with Crippen molar-refractivity contribution in [1.82, 2.24) is 15.5 Å². The minimum Gasteiger partial charge on any atom is -0.359 e. The third kappa shape index (κ3) is 3.86. The van der Waals surface area contributed by atoms with E-state index in [0.29, 0.717) is 25.3 Å². The molecule has 0 atom stereocenters. The first-order valence-electron chi connectivity index (χ1n) is 5.27. The summed E-state index contributed by atoms with van der Waals surface area (Å²) >= 11 is 0. The molecule has 0 aliphatic heterocycles. The lowest BCUT2D eigenvalue weighted by molar-refractivity contribution is 0.0944. The highest BCUT2D eigenvalue weighted by molar-refractivity contribution is 5.91. The Morgan fingerprint density at radius 1 is 1.76 bits per heavy atom. The molecule has 1 rings (SSSR count). The molecule has 0 unspecified atom stereocenters. The van der Waals surface area contributed by atoms with Crippen LogP contribution in [0, 0.1) is 11.3 Å². The molecule has 7 nitrogen and oxygen atoms in total. The molecule has 17 heavy (non-hydrogen) atoms. The van der Waals surface area contributed by atoms with E-state index in [9.17, 15) is 4.79 Å². The van der Waals surface area contributed by atoms with Gasteiger partial charge in [-0.2, -0.15) is 5.26 Å². The van der Waals surface area contributed by atoms with E-state index in [4.69, 9.17) is 15.6 Å². The van der Waals surface area contributed by atoms with Gasteiger partial charge in [0.15, 0.2) is 11.5 Å². The van der Waals surface area contributed by atoms with Gasteiger partial charge in [0, 0.05) is 19.0 Å². The van der Waals surface area contributed by atoms with Crippen molar-refractivity contribution in [2.75, 3.05) is 13.1 Å². The number of hydrogen-bond acceptors (Lipinski definition) is 6. The summed E-state index contributed by atoms with van der Waals surface area (Å²) in [6.45, 7) is 3.96. The van der Waals surface area contributed by atoms with Gasteiger partial charge in [-0.15, -0.1) is 0 Å². The SMILES string of the molecule is CCN(CCC#N)Cc1cc(C(=O)NN)no1. The molecular formula is C10H15N5O2. The Kier molecular flexibility index (Phi) is 5.13. The number of nitrogens with zero attached hydrogens (tertiary/aromatic N) is 3. The zero-order chi connectivity index (χ0) is 12.7. The quantitative estimate of drug-likeness (QED) is 0.410. The molecule has 0 aromatic carbocycles. The average molecular weight is 237 g/mol. The fraction of sp³-hybridized carbons (Fsp3) is 0.500. The van der Waals surface area contributed by atoms with Crippen LogP contribution < -0.4 is 11.3 Å². The Labute approximate surface area is 99.1 Å². The van der Waals surface area contributed by atoms with Gasteiger partial charge < -0.3 is 4.52 Å². The summed E-state index contributed by atoms with van der Waals surface area (Å²) in [7, 11) is 0. The summed E-state index contributed by atoms with van der Waals surface area (Å²) in [5.74, 6) is 5.07. The van der Waals surface area contributed by atoms with Crippen LogP contribution in [0.2, 0.25) is 0 Å². The third-order valence-corrected chi connectivity index (χ3v) is 2.29. The number of aromatic nitrogens is 1. The summed E-state index contributed by atoms with van der Waals surface area (Å²) in [4.78, 5) is 13.2. The smallest absolute Gasteiger partial charge is 0.287 e. The minimum atomic E-state index is -0.486. The predicted octanol–water partition coefficient (Wildman–Crippen LogP) is 0.0137. The minimum absolute atomic E-state index is 0.152. The fourth-order valence-corrected chi connectivity index (χ4v) is 1.35. The first kappa shape index (κ1) is 13.2. The van der Waals surface area contributed by atoms with Gasteiger partial charge in [-0.05, 0) is 6.54 Å². The molecule has 0 saturated heterocycles. The van der Waals surface area contributed by atoms with Gasteiger partial charge in [-0.1, -0.05) is 12.1 Å². The molecule has 92 valence electrons. The average Bonchev–Trinajstić information content (AvgIpc) is 2.81. The molecule has 1 amide bonds. The Morgan fingerprint density at radius 3 is 3.12 bits per heavy atom. The number of carbonyl (C=O) groups is 1. The normalized spacial score (nSPS) is 10.2. The molecule has 0 saturated carbocycles. The van der Waals surface area contributed by atoms with Crippen LogP contribution in [-0.2, 0) is 6.54 Å². The van der Waals surface area contributed by atoms with E-state index in [1.165, 1.54) is 6.07 Å². The second-order valence-corrected chi connectivity index (χ2v) is 3.43. The van der Waals surface area contributed by atoms with Crippen LogP contribution in [0.3, 0.4) is 0 Å². The lowest BCUT2D eigenvalue weighted by Gasteiger charge is -2.16. The molecule has 1 aromatic rings. The maximum absolute atomic E-state index is 11.1. The van der Waals surface area contributed by atoms with E-state index in [2.05, 4.69) is 11.2 Å². The zero-order valence-corrected chi connectivity index (χ0v) is 9.64. The zero-order valence-electron chi connectivity index (χ0n) is 9.64. The van der Waals surface area contributed by atoms with Crippen LogP contribution in [0.4, 0.5) is 0 Å². The molecule has 0 radical (unpaired) electrons. The molecule has 7 heteroatoms. The highest BCUT2D eigenvalue weighted by atomic mass is 16.5. The number of carbonyl (C=O) groups excluding carboxylic acids is 1. The molecule has 0 bridgehead atoms. The topological polar surface area (TPSA) is 108 Å². The number of hydrazine groups is 1. The van der Waals surface area contributed by atoms with Crippen LogP contribution in [0.5, 0.6) is 0 Å². The van der Waals surface area contributed by atoms with E-state index in [0.717, 1.165) is 6.54 Å². The predicted molar refractivity (Wildman–Crippen MR) is 59.3 cm³/mol. The summed E-state index contributed by atoms with van der Waals surface area (Å²) in [6, 6.07) is 3.62. The van der Waals surface area contributed by atoms with Crippen LogP contribution in [0.1, 0.15) is 29.6 Å². The number of amides is 1. The van der Waals surface area contributed by atoms with Gasteiger partial charge in [0.1, 0.15) is 0 Å². The number of rotatable bonds is 6. The van der Waals surface area contributed by atoms with Crippen LogP contribution >= 0.6 is 0 Å². The number of nitrogens with two attached hydrogens (primary N) is 1. The first-order chi connectivity index (χ1) is 8.21. The Morgan fingerprint density at radius 2 is 2.53 bits per heavy atom. The summed E-state index contributed by atoms with van der Waals surface area (Å²) in [5.41, 5.74) is 2.13. The highest BCUT2D eigenvalue weighted by Crippen LogP contribution is 2.07. The Bertz CT molecular complexity index is 409. The monoisotopic (exact) mass is 237 g/mol. The van der Waals surface area contributed by atoms with Crippen molar-refractivity contribution in [2.24, 2.45) is 5.84 Å². The van der Waals surface area contributed by atoms with Crippen molar-refractivity contribution < 1.29 is 9.32 Å². The molecule has 0 spiro atoms. The van der Waals surface area contributed by atoms with Gasteiger partial charge >= 0.3 is 0 Å². The van der Waals surface area contributed by atoms with Gasteiger partial charge in [0.2, 0.25) is 0 Å². The van der Waals surface area contributed by atoms with E-state index in [1.807, 2.05) is 17.2 Å². The van der Waals surface area contributed by atoms with Crippen molar-refractivity contribution in [3.8, 4) is 6.07 Å². The number of nitrogens with one attached hydrogen (secondary N) is 1. The van der Waals surface area contributed by atoms with Gasteiger partial charge in [-0.3, -0.25) is 15.1 Å². The maximum Gasteiger partial charge on any atom is 0.287 e. The largest absolute Gasteiger partial charge is 0.359 e. The fourth-order valence-electron chi connectivity index (χ4n) is 1.35. The lowest BCUT2D eigenvalue weighted by Crippen LogP contribution is -2.30. The number of nitrogen functional groups attached to an aromatic ring is 1. The number of hydrogen-bond donors (Lipinski definition) is 2. The Balaban J connectivity index is 2.58. The second-order valence-electron chi connectivity index (χ2n) is 3.43. The van der Waals surface area contributed by atoms with Crippen LogP contribution in [0.25, 0.3) is 0 Å². The molecule has 0 aliphatic rings. The van der Waals surface area contributed by atoms with Crippen LogP contribution in [0.15, 0.2) is 10.6 Å². The second kappa shape index (κ2) is 6.62. The van der Waals surface area contributed by atoms with Crippen molar-refractivity contribution in [3.05, 3.63) is 17.5 Å². The molecule has 0 fully saturated rings. The van der Waals surface area contributed by atoms with E-state index in [1.54, 1.807) is 0 Å². The van der Waals surface area contributed by atoms with Crippen molar-refractivity contribution in [3.63, 3.8) is 0 Å². The molecule has 1 aromatic heterocycles. The van der Waals surface area contributed by atoms with Gasteiger partial charge in [0.25, 0.3) is 5.91 Å². The van der Waals surface area contributed by atoms with E-state index in [-0.39, 0.29) is 5.69 Å². The molecular weight excluding hydrogens is 222 g/mol. The van der Waals surface area contributed by atoms with Crippen molar-refractivity contribution in [1.29, 1.82) is 5.26 Å². The highest BCUT2D eigenvalue weighted by Gasteiger charge is 2.13. The summed E-state index contributed by atoms with van der Waals surface area (Å²) in [6.07, 6.45) is 0.456. The van der Waals surface area contributed by atoms with E-state index < -0.39 is 5.91 Å².